The van der Waals surface area contributed by atoms with Gasteiger partial charge in [-0.05, 0) is 38.1 Å². The van der Waals surface area contributed by atoms with Crippen molar-refractivity contribution in [3.63, 3.8) is 0 Å². The summed E-state index contributed by atoms with van der Waals surface area (Å²) in [7, 11) is 2.98. The third-order valence-corrected chi connectivity index (χ3v) is 7.49. The molecule has 0 spiro atoms. The Balaban J connectivity index is 1.65. The Morgan fingerprint density at radius 1 is 1.15 bits per heavy atom. The highest BCUT2D eigenvalue weighted by Crippen LogP contribution is 2.36. The largest absolute Gasteiger partial charge is 0.496 e. The lowest BCUT2D eigenvalue weighted by Gasteiger charge is -2.25. The Hall–Kier alpha value is -4.97. The minimum absolute atomic E-state index is 0.115. The first-order valence-corrected chi connectivity index (χ1v) is 13.3. The van der Waals surface area contributed by atoms with E-state index in [0.29, 0.717) is 49.2 Å². The lowest BCUT2D eigenvalue weighted by molar-refractivity contribution is -0.384. The van der Waals surface area contributed by atoms with Gasteiger partial charge in [-0.2, -0.15) is 0 Å². The van der Waals surface area contributed by atoms with Gasteiger partial charge in [0.25, 0.3) is 11.2 Å². The fourth-order valence-electron chi connectivity index (χ4n) is 4.68. The molecular formula is C29H25N3O8S. The number of allylic oxidation sites excluding steroid dienone is 1. The number of hydrogen-bond acceptors (Lipinski definition) is 10. The van der Waals surface area contributed by atoms with Crippen LogP contribution in [0.5, 0.6) is 11.5 Å². The normalized spacial score (nSPS) is 14.8. The molecule has 3 heterocycles. The van der Waals surface area contributed by atoms with Gasteiger partial charge >= 0.3 is 5.97 Å². The SMILES string of the molecule is CCOC(=O)C1=C(C)N=c2s/c(=C/c3ccc(-c4cc([N+](=O)[O-])ccc4OC)o3)c(=O)n2[C@@H]1c1ccccc1OC. The molecular weight excluding hydrogens is 550 g/mol. The van der Waals surface area contributed by atoms with Crippen molar-refractivity contribution in [2.75, 3.05) is 20.8 Å². The first-order chi connectivity index (χ1) is 19.8. The number of para-hydroxylation sites is 1. The molecule has 0 aliphatic carbocycles. The van der Waals surface area contributed by atoms with E-state index in [2.05, 4.69) is 4.99 Å². The van der Waals surface area contributed by atoms with Gasteiger partial charge in [-0.15, -0.1) is 0 Å². The Morgan fingerprint density at radius 3 is 2.61 bits per heavy atom. The maximum absolute atomic E-state index is 13.9. The number of nitro benzene ring substituents is 1. The number of aromatic nitrogens is 1. The first kappa shape index (κ1) is 27.6. The zero-order valence-electron chi connectivity index (χ0n) is 22.6. The average molecular weight is 576 g/mol. The monoisotopic (exact) mass is 575 g/mol. The van der Waals surface area contributed by atoms with Gasteiger partial charge in [0.1, 0.15) is 29.1 Å². The molecule has 0 saturated heterocycles. The van der Waals surface area contributed by atoms with Crippen LogP contribution in [0.25, 0.3) is 17.4 Å². The van der Waals surface area contributed by atoms with Gasteiger partial charge in [0.05, 0.1) is 47.1 Å². The van der Waals surface area contributed by atoms with Gasteiger partial charge in [-0.3, -0.25) is 19.5 Å². The summed E-state index contributed by atoms with van der Waals surface area (Å²) in [6.45, 7) is 3.58. The van der Waals surface area contributed by atoms with E-state index in [-0.39, 0.29) is 23.4 Å². The highest BCUT2D eigenvalue weighted by Gasteiger charge is 2.35. The smallest absolute Gasteiger partial charge is 0.338 e. The third kappa shape index (κ3) is 5.05. The Bertz CT molecular complexity index is 1880. The standard InChI is InChI=1S/C29H25N3O8S/c1-5-39-28(34)25-16(2)30-29-31(26(25)19-8-6-7-9-21(19)37-3)27(33)24(41-29)15-18-11-13-23(40-18)20-14-17(32(35)36)10-12-22(20)38-4/h6-15,26H,5H2,1-4H3/b24-15+/t26-/m1/s1. The number of nitrogens with zero attached hydrogens (tertiary/aromatic N) is 3. The summed E-state index contributed by atoms with van der Waals surface area (Å²) in [6, 6.07) is 13.8. The fourth-order valence-corrected chi connectivity index (χ4v) is 5.71. The van der Waals surface area contributed by atoms with Gasteiger partial charge in [0, 0.05) is 23.8 Å². The molecule has 5 rings (SSSR count). The molecule has 0 bridgehead atoms. The van der Waals surface area contributed by atoms with Crippen LogP contribution in [0.4, 0.5) is 5.69 Å². The Labute approximate surface area is 237 Å². The minimum atomic E-state index is -0.829. The van der Waals surface area contributed by atoms with Crippen molar-refractivity contribution in [2.45, 2.75) is 19.9 Å². The number of non-ortho nitro benzene ring substituents is 1. The number of carbonyl (C=O) groups excluding carboxylic acids is 1. The number of benzene rings is 2. The molecule has 0 fully saturated rings. The summed E-state index contributed by atoms with van der Waals surface area (Å²) in [6.07, 6.45) is 1.57. The Kier molecular flexibility index (Phi) is 7.58. The second-order valence-corrected chi connectivity index (χ2v) is 9.90. The second kappa shape index (κ2) is 11.3. The van der Waals surface area contributed by atoms with Crippen LogP contribution in [0, 0.1) is 10.1 Å². The summed E-state index contributed by atoms with van der Waals surface area (Å²) < 4.78 is 24.0. The Morgan fingerprint density at radius 2 is 1.90 bits per heavy atom. The van der Waals surface area contributed by atoms with Crippen molar-refractivity contribution in [1.82, 2.24) is 4.57 Å². The number of thiazole rings is 1. The molecule has 2 aromatic heterocycles. The quantitative estimate of drug-likeness (QED) is 0.175. The number of esters is 1. The summed E-state index contributed by atoms with van der Waals surface area (Å²) in [5.41, 5.74) is 1.19. The number of hydrogen-bond donors (Lipinski definition) is 0. The van der Waals surface area contributed by atoms with Crippen molar-refractivity contribution in [1.29, 1.82) is 0 Å². The number of furan rings is 1. The summed E-state index contributed by atoms with van der Waals surface area (Å²) in [5.74, 6) is 1.01. The first-order valence-electron chi connectivity index (χ1n) is 12.5. The van der Waals surface area contributed by atoms with Crippen molar-refractivity contribution in [2.24, 2.45) is 4.99 Å². The summed E-state index contributed by atoms with van der Waals surface area (Å²) in [4.78, 5) is 42.7. The van der Waals surface area contributed by atoms with E-state index in [1.54, 1.807) is 56.3 Å². The van der Waals surface area contributed by atoms with Crippen LogP contribution in [0.2, 0.25) is 0 Å². The van der Waals surface area contributed by atoms with Crippen molar-refractivity contribution in [3.05, 3.63) is 107 Å². The van der Waals surface area contributed by atoms with Crippen molar-refractivity contribution < 1.29 is 28.3 Å². The minimum Gasteiger partial charge on any atom is -0.496 e. The number of fused-ring (bicyclic) bond motifs is 1. The number of nitro groups is 1. The molecule has 0 N–H and O–H groups in total. The van der Waals surface area contributed by atoms with Crippen molar-refractivity contribution >= 4 is 29.1 Å². The molecule has 12 heteroatoms. The van der Waals surface area contributed by atoms with Gasteiger partial charge < -0.3 is 18.6 Å². The molecule has 2 aromatic carbocycles. The molecule has 0 saturated carbocycles. The topological polar surface area (TPSA) is 135 Å². The number of carbonyl (C=O) groups is 1. The zero-order valence-corrected chi connectivity index (χ0v) is 23.4. The van der Waals surface area contributed by atoms with E-state index in [0.717, 1.165) is 11.3 Å². The predicted octanol–water partition coefficient (Wildman–Crippen LogP) is 3.98. The van der Waals surface area contributed by atoms with E-state index >= 15 is 0 Å². The van der Waals surface area contributed by atoms with Gasteiger partial charge in [-0.1, -0.05) is 29.5 Å². The molecule has 210 valence electrons. The van der Waals surface area contributed by atoms with E-state index in [1.165, 1.54) is 37.0 Å². The van der Waals surface area contributed by atoms with Crippen LogP contribution in [-0.4, -0.2) is 36.3 Å². The molecule has 0 radical (unpaired) electrons. The van der Waals surface area contributed by atoms with Gasteiger partial charge in [-0.25, -0.2) is 9.79 Å². The summed E-state index contributed by atoms with van der Waals surface area (Å²) >= 11 is 1.15. The van der Waals surface area contributed by atoms with Crippen LogP contribution in [0.1, 0.15) is 31.2 Å². The molecule has 1 aliphatic rings. The van der Waals surface area contributed by atoms with Crippen LogP contribution in [0.3, 0.4) is 0 Å². The second-order valence-electron chi connectivity index (χ2n) is 8.89. The van der Waals surface area contributed by atoms with Crippen molar-refractivity contribution in [3.8, 4) is 22.8 Å². The van der Waals surface area contributed by atoms with E-state index in [4.69, 9.17) is 18.6 Å². The van der Waals surface area contributed by atoms with E-state index in [9.17, 15) is 19.7 Å². The van der Waals surface area contributed by atoms with Crippen LogP contribution in [-0.2, 0) is 9.53 Å². The van der Waals surface area contributed by atoms with Gasteiger partial charge in [0.2, 0.25) is 0 Å². The fraction of sp³-hybridized carbons (Fsp3) is 0.207. The number of ether oxygens (including phenoxy) is 3. The maximum Gasteiger partial charge on any atom is 0.338 e. The predicted molar refractivity (Wildman–Crippen MR) is 151 cm³/mol. The highest BCUT2D eigenvalue weighted by atomic mass is 32.1. The van der Waals surface area contributed by atoms with Crippen LogP contribution < -0.4 is 24.4 Å². The zero-order chi connectivity index (χ0) is 29.3. The van der Waals surface area contributed by atoms with E-state index in [1.807, 2.05) is 0 Å². The molecule has 1 atom stereocenters. The average Bonchev–Trinajstić information content (AvgIpc) is 3.56. The number of methoxy groups -OCH3 is 2. The third-order valence-electron chi connectivity index (χ3n) is 6.51. The molecule has 0 amide bonds. The molecule has 11 nitrogen and oxygen atoms in total. The molecule has 1 aliphatic heterocycles. The number of rotatable bonds is 8. The van der Waals surface area contributed by atoms with E-state index < -0.39 is 16.9 Å². The lowest BCUT2D eigenvalue weighted by atomic mass is 9.95. The maximum atomic E-state index is 13.9. The highest BCUT2D eigenvalue weighted by molar-refractivity contribution is 7.07. The lowest BCUT2D eigenvalue weighted by Crippen LogP contribution is -2.40. The molecule has 0 unspecified atom stereocenters. The van der Waals surface area contributed by atoms with Gasteiger partial charge in [0.15, 0.2) is 4.80 Å². The van der Waals surface area contributed by atoms with Crippen LogP contribution in [0.15, 0.2) is 80.1 Å². The van der Waals surface area contributed by atoms with Crippen LogP contribution >= 0.6 is 11.3 Å². The molecule has 4 aromatic rings. The summed E-state index contributed by atoms with van der Waals surface area (Å²) in [5, 5.41) is 11.3. The molecule has 41 heavy (non-hydrogen) atoms.